The smallest absolute Gasteiger partial charge is 0.230 e. The first-order chi connectivity index (χ1) is 9.89. The molecule has 0 spiro atoms. The molecule has 0 aliphatic heterocycles. The molecule has 0 bridgehead atoms. The van der Waals surface area contributed by atoms with Crippen molar-refractivity contribution in [2.75, 3.05) is 24.8 Å². The van der Waals surface area contributed by atoms with E-state index in [1.807, 2.05) is 45.0 Å². The van der Waals surface area contributed by atoms with Crippen molar-refractivity contribution in [3.8, 4) is 0 Å². The highest BCUT2D eigenvalue weighted by atomic mass is 32.2. The molecule has 0 fully saturated rings. The molecule has 4 nitrogen and oxygen atoms in total. The van der Waals surface area contributed by atoms with Gasteiger partial charge in [0, 0.05) is 40.5 Å². The average molecular weight is 311 g/mol. The first-order valence-electron chi connectivity index (χ1n) is 7.13. The van der Waals surface area contributed by atoms with Crippen LogP contribution in [0.25, 0.3) is 0 Å². The summed E-state index contributed by atoms with van der Waals surface area (Å²) in [6, 6.07) is 7.53. The molecule has 5 heteroatoms. The van der Waals surface area contributed by atoms with E-state index in [2.05, 4.69) is 5.32 Å². The summed E-state index contributed by atoms with van der Waals surface area (Å²) in [5.74, 6) is 1.00. The van der Waals surface area contributed by atoms with E-state index < -0.39 is 16.2 Å². The molecule has 1 rings (SSSR count). The number of amides is 1. The molecule has 21 heavy (non-hydrogen) atoms. The number of hydrogen-bond acceptors (Lipinski definition) is 3. The van der Waals surface area contributed by atoms with Gasteiger partial charge in [-0.2, -0.15) is 0 Å². The maximum absolute atomic E-state index is 12.2. The second-order valence-corrected chi connectivity index (χ2v) is 7.25. The summed E-state index contributed by atoms with van der Waals surface area (Å²) in [6.45, 7) is 6.33. The zero-order valence-electron chi connectivity index (χ0n) is 13.3. The maximum Gasteiger partial charge on any atom is 0.230 e. The van der Waals surface area contributed by atoms with Crippen molar-refractivity contribution in [2.45, 2.75) is 32.9 Å². The number of rotatable bonds is 8. The molecule has 1 aromatic rings. The lowest BCUT2D eigenvalue weighted by Crippen LogP contribution is -2.30. The monoisotopic (exact) mass is 311 g/mol. The molecule has 118 valence electrons. The first kappa shape index (κ1) is 17.9. The quantitative estimate of drug-likeness (QED) is 0.803. The fraction of sp³-hybridized carbons (Fsp3) is 0.562. The van der Waals surface area contributed by atoms with Gasteiger partial charge in [-0.3, -0.25) is 9.00 Å². The van der Waals surface area contributed by atoms with Gasteiger partial charge in [0.25, 0.3) is 0 Å². The number of ether oxygens (including phenoxy) is 1. The lowest BCUT2D eigenvalue weighted by molar-refractivity contribution is -0.124. The highest BCUT2D eigenvalue weighted by Gasteiger charge is 2.25. The van der Waals surface area contributed by atoms with Gasteiger partial charge in [0.1, 0.15) is 0 Å². The lowest BCUT2D eigenvalue weighted by Gasteiger charge is -2.21. The number of hydrogen-bond donors (Lipinski definition) is 1. The van der Waals surface area contributed by atoms with E-state index in [-0.39, 0.29) is 5.91 Å². The molecule has 0 aliphatic carbocycles. The van der Waals surface area contributed by atoms with Crippen LogP contribution in [0.5, 0.6) is 0 Å². The second-order valence-electron chi connectivity index (χ2n) is 5.67. The summed E-state index contributed by atoms with van der Waals surface area (Å²) < 4.78 is 16.8. The highest BCUT2D eigenvalue weighted by molar-refractivity contribution is 7.84. The van der Waals surface area contributed by atoms with E-state index in [1.54, 1.807) is 7.11 Å². The van der Waals surface area contributed by atoms with Gasteiger partial charge < -0.3 is 10.1 Å². The molecule has 1 atom stereocenters. The zero-order valence-corrected chi connectivity index (χ0v) is 14.1. The predicted molar refractivity (Wildman–Crippen MR) is 87.7 cm³/mol. The summed E-state index contributed by atoms with van der Waals surface area (Å²) >= 11 is 0. The van der Waals surface area contributed by atoms with E-state index in [9.17, 15) is 9.00 Å². The minimum absolute atomic E-state index is 0.00246. The lowest BCUT2D eigenvalue weighted by atomic mass is 9.89. The van der Waals surface area contributed by atoms with Gasteiger partial charge in [-0.1, -0.05) is 32.9 Å². The van der Waals surface area contributed by atoms with Crippen molar-refractivity contribution >= 4 is 22.4 Å². The second kappa shape index (κ2) is 8.29. The van der Waals surface area contributed by atoms with Crippen molar-refractivity contribution < 1.29 is 13.7 Å². The number of benzene rings is 1. The molecule has 1 aromatic carbocycles. The van der Waals surface area contributed by atoms with E-state index in [4.69, 9.17) is 4.74 Å². The Hall–Kier alpha value is -1.20. The van der Waals surface area contributed by atoms with Gasteiger partial charge in [-0.05, 0) is 24.1 Å². The fourth-order valence-corrected chi connectivity index (χ4v) is 2.68. The Morgan fingerprint density at radius 1 is 1.38 bits per heavy atom. The van der Waals surface area contributed by atoms with Crippen molar-refractivity contribution in [3.05, 3.63) is 29.8 Å². The number of carbonyl (C=O) groups is 1. The zero-order chi connectivity index (χ0) is 15.9. The Morgan fingerprint density at radius 2 is 2.10 bits per heavy atom. The molecule has 0 aromatic heterocycles. The van der Waals surface area contributed by atoms with Crippen LogP contribution in [-0.4, -0.2) is 29.6 Å². The largest absolute Gasteiger partial charge is 0.384 e. The summed E-state index contributed by atoms with van der Waals surface area (Å²) in [5.41, 5.74) is 1.32. The molecule has 1 amide bonds. The molecule has 0 unspecified atom stereocenters. The normalized spacial score (nSPS) is 13.0. The van der Waals surface area contributed by atoms with Gasteiger partial charge in [0.2, 0.25) is 5.91 Å². The first-order valence-corrected chi connectivity index (χ1v) is 8.62. The van der Waals surface area contributed by atoms with Gasteiger partial charge in [-0.15, -0.1) is 0 Å². The summed E-state index contributed by atoms with van der Waals surface area (Å²) in [6.07, 6.45) is 0.777. The third-order valence-corrected chi connectivity index (χ3v) is 4.80. The molecule has 0 saturated carbocycles. The van der Waals surface area contributed by atoms with E-state index in [0.29, 0.717) is 18.1 Å². The van der Waals surface area contributed by atoms with Crippen LogP contribution in [-0.2, 0) is 26.1 Å². The van der Waals surface area contributed by atoms with Crippen LogP contribution in [0.3, 0.4) is 0 Å². The average Bonchev–Trinajstić information content (AvgIpc) is 2.45. The van der Waals surface area contributed by atoms with Crippen molar-refractivity contribution in [1.29, 1.82) is 0 Å². The third-order valence-electron chi connectivity index (χ3n) is 3.53. The van der Waals surface area contributed by atoms with Gasteiger partial charge in [0.15, 0.2) is 0 Å². The third kappa shape index (κ3) is 5.98. The van der Waals surface area contributed by atoms with Gasteiger partial charge >= 0.3 is 0 Å². The Labute approximate surface area is 129 Å². The molecular formula is C16H25NO3S. The van der Waals surface area contributed by atoms with Crippen LogP contribution in [0.4, 0.5) is 5.69 Å². The van der Waals surface area contributed by atoms with E-state index >= 15 is 0 Å². The summed E-state index contributed by atoms with van der Waals surface area (Å²) in [7, 11) is 0.652. The number of anilines is 1. The molecular weight excluding hydrogens is 286 g/mol. The summed E-state index contributed by atoms with van der Waals surface area (Å²) in [5, 5.41) is 2.93. The minimum Gasteiger partial charge on any atom is -0.384 e. The van der Waals surface area contributed by atoms with Crippen LogP contribution in [0.2, 0.25) is 0 Å². The Bertz CT molecular complexity index is 500. The van der Waals surface area contributed by atoms with E-state index in [0.717, 1.165) is 17.7 Å². The van der Waals surface area contributed by atoms with Crippen LogP contribution in [0, 0.1) is 5.41 Å². The van der Waals surface area contributed by atoms with Crippen LogP contribution in [0.1, 0.15) is 32.8 Å². The highest BCUT2D eigenvalue weighted by Crippen LogP contribution is 2.22. The van der Waals surface area contributed by atoms with Crippen LogP contribution < -0.4 is 5.32 Å². The molecule has 0 aliphatic rings. The molecule has 1 N–H and O–H groups in total. The standard InChI is InChI=1S/C16H25NO3S/c1-5-16(2,3)15(18)17-14-8-6-7-13(11-14)12-21(19)10-9-20-4/h6-8,11H,5,9-10,12H2,1-4H3,(H,17,18)/t21-/m0/s1. The minimum atomic E-state index is -0.948. The Balaban J connectivity index is 2.68. The van der Waals surface area contributed by atoms with Gasteiger partial charge in [0.05, 0.1) is 6.61 Å². The summed E-state index contributed by atoms with van der Waals surface area (Å²) in [4.78, 5) is 12.2. The molecule has 0 saturated heterocycles. The number of nitrogens with one attached hydrogen (secondary N) is 1. The Morgan fingerprint density at radius 3 is 2.71 bits per heavy atom. The topological polar surface area (TPSA) is 55.4 Å². The maximum atomic E-state index is 12.2. The number of carbonyl (C=O) groups excluding carboxylic acids is 1. The van der Waals surface area contributed by atoms with Crippen LogP contribution >= 0.6 is 0 Å². The fourth-order valence-electron chi connectivity index (χ4n) is 1.63. The van der Waals surface area contributed by atoms with Crippen molar-refractivity contribution in [2.24, 2.45) is 5.41 Å². The number of methoxy groups -OCH3 is 1. The molecule has 0 radical (unpaired) electrons. The van der Waals surface area contributed by atoms with Crippen LogP contribution in [0.15, 0.2) is 24.3 Å². The molecule has 0 heterocycles. The predicted octanol–water partition coefficient (Wildman–Crippen LogP) is 2.96. The van der Waals surface area contributed by atoms with Crippen molar-refractivity contribution in [1.82, 2.24) is 0 Å². The SMILES string of the molecule is CCC(C)(C)C(=O)Nc1cccc(C[S@@](=O)CCOC)c1. The van der Waals surface area contributed by atoms with Crippen molar-refractivity contribution in [3.63, 3.8) is 0 Å². The van der Waals surface area contributed by atoms with E-state index in [1.165, 1.54) is 0 Å². The van der Waals surface area contributed by atoms with Gasteiger partial charge in [-0.25, -0.2) is 0 Å². The Kier molecular flexibility index (Phi) is 7.05.